The van der Waals surface area contributed by atoms with Crippen LogP contribution in [-0.2, 0) is 6.42 Å². The summed E-state index contributed by atoms with van der Waals surface area (Å²) in [4.78, 5) is 14.8. The molecule has 0 unspecified atom stereocenters. The monoisotopic (exact) mass is 193 g/mol. The third-order valence-corrected chi connectivity index (χ3v) is 2.18. The molecule has 0 saturated carbocycles. The highest BCUT2D eigenvalue weighted by Crippen LogP contribution is 2.11. The van der Waals surface area contributed by atoms with Crippen LogP contribution in [0.1, 0.15) is 42.1 Å². The average Bonchev–Trinajstić information content (AvgIpc) is 2.19. The predicted molar refractivity (Wildman–Crippen MR) is 54.4 cm³/mol. The fraction of sp³-hybridized carbons (Fsp3) is 0.455. The molecule has 1 aromatic heterocycles. The number of carbonyl (C=O) groups is 1. The zero-order chi connectivity index (χ0) is 10.4. The van der Waals surface area contributed by atoms with Gasteiger partial charge < -0.3 is 5.11 Å². The van der Waals surface area contributed by atoms with Crippen molar-refractivity contribution in [3.63, 3.8) is 0 Å². The number of rotatable bonds is 5. The molecule has 0 spiro atoms. The normalized spacial score (nSPS) is 10.1. The number of nitrogens with zero attached hydrogens (tertiary/aromatic N) is 1. The van der Waals surface area contributed by atoms with Crippen LogP contribution in [0.4, 0.5) is 0 Å². The van der Waals surface area contributed by atoms with Crippen molar-refractivity contribution >= 4 is 5.97 Å². The van der Waals surface area contributed by atoms with Crippen LogP contribution in [0, 0.1) is 0 Å². The van der Waals surface area contributed by atoms with Crippen molar-refractivity contribution in [1.29, 1.82) is 0 Å². The molecule has 1 aromatic rings. The van der Waals surface area contributed by atoms with Crippen molar-refractivity contribution in [2.24, 2.45) is 0 Å². The van der Waals surface area contributed by atoms with E-state index in [1.807, 2.05) is 0 Å². The lowest BCUT2D eigenvalue weighted by atomic mass is 10.0. The maximum atomic E-state index is 10.8. The van der Waals surface area contributed by atoms with Crippen molar-refractivity contribution in [3.05, 3.63) is 29.6 Å². The Morgan fingerprint density at radius 3 is 2.93 bits per heavy atom. The number of unbranched alkanes of at least 4 members (excludes halogenated alkanes) is 2. The summed E-state index contributed by atoms with van der Waals surface area (Å²) in [5, 5.41) is 8.89. The smallest absolute Gasteiger partial charge is 0.336 e. The molecule has 0 saturated heterocycles. The Morgan fingerprint density at radius 2 is 2.29 bits per heavy atom. The molecular formula is C11H15NO2. The molecule has 0 aromatic carbocycles. The van der Waals surface area contributed by atoms with Crippen molar-refractivity contribution in [2.45, 2.75) is 32.6 Å². The van der Waals surface area contributed by atoms with Gasteiger partial charge in [0.1, 0.15) is 0 Å². The summed E-state index contributed by atoms with van der Waals surface area (Å²) in [7, 11) is 0. The molecule has 1 rings (SSSR count). The molecule has 0 aliphatic rings. The summed E-state index contributed by atoms with van der Waals surface area (Å²) in [5.41, 5.74) is 1.23. The fourth-order valence-electron chi connectivity index (χ4n) is 1.40. The zero-order valence-electron chi connectivity index (χ0n) is 8.36. The van der Waals surface area contributed by atoms with Gasteiger partial charge >= 0.3 is 5.97 Å². The third kappa shape index (κ3) is 2.83. The molecule has 14 heavy (non-hydrogen) atoms. The number of aromatic nitrogens is 1. The topological polar surface area (TPSA) is 50.2 Å². The molecule has 1 heterocycles. The molecule has 0 radical (unpaired) electrons. The van der Waals surface area contributed by atoms with E-state index in [-0.39, 0.29) is 0 Å². The third-order valence-electron chi connectivity index (χ3n) is 2.18. The Kier molecular flexibility index (Phi) is 4.11. The van der Waals surface area contributed by atoms with Gasteiger partial charge in [0.25, 0.3) is 0 Å². The summed E-state index contributed by atoms with van der Waals surface area (Å²) in [6.07, 6.45) is 7.29. The van der Waals surface area contributed by atoms with E-state index in [1.165, 1.54) is 6.20 Å². The van der Waals surface area contributed by atoms with Gasteiger partial charge in [0, 0.05) is 12.4 Å². The summed E-state index contributed by atoms with van der Waals surface area (Å²) in [6, 6.07) is 1.56. The fourth-order valence-corrected chi connectivity index (χ4v) is 1.40. The Hall–Kier alpha value is -1.38. The highest BCUT2D eigenvalue weighted by molar-refractivity contribution is 5.89. The summed E-state index contributed by atoms with van der Waals surface area (Å²) in [6.45, 7) is 2.13. The van der Waals surface area contributed by atoms with Crippen LogP contribution in [0.2, 0.25) is 0 Å². The maximum Gasteiger partial charge on any atom is 0.336 e. The van der Waals surface area contributed by atoms with E-state index in [0.29, 0.717) is 5.56 Å². The molecular weight excluding hydrogens is 178 g/mol. The largest absolute Gasteiger partial charge is 0.478 e. The minimum Gasteiger partial charge on any atom is -0.478 e. The van der Waals surface area contributed by atoms with Crippen molar-refractivity contribution in [2.75, 3.05) is 0 Å². The van der Waals surface area contributed by atoms with Gasteiger partial charge in [0.15, 0.2) is 0 Å². The molecule has 3 nitrogen and oxygen atoms in total. The second-order valence-corrected chi connectivity index (χ2v) is 3.30. The van der Waals surface area contributed by atoms with Gasteiger partial charge in [0.2, 0.25) is 0 Å². The van der Waals surface area contributed by atoms with Crippen LogP contribution in [0.25, 0.3) is 0 Å². The van der Waals surface area contributed by atoms with Crippen molar-refractivity contribution in [3.8, 4) is 0 Å². The van der Waals surface area contributed by atoms with Gasteiger partial charge in [-0.2, -0.15) is 0 Å². The first kappa shape index (κ1) is 10.7. The molecule has 76 valence electrons. The molecule has 3 heteroatoms. The van der Waals surface area contributed by atoms with Crippen LogP contribution in [0.5, 0.6) is 0 Å². The van der Waals surface area contributed by atoms with Gasteiger partial charge in [-0.05, 0) is 24.5 Å². The molecule has 0 fully saturated rings. The van der Waals surface area contributed by atoms with Gasteiger partial charge in [-0.3, -0.25) is 4.98 Å². The van der Waals surface area contributed by atoms with E-state index < -0.39 is 5.97 Å². The first-order valence-electron chi connectivity index (χ1n) is 4.92. The van der Waals surface area contributed by atoms with E-state index in [2.05, 4.69) is 11.9 Å². The first-order valence-corrected chi connectivity index (χ1v) is 4.92. The lowest BCUT2D eigenvalue weighted by Gasteiger charge is -2.03. The standard InChI is InChI=1S/C11H15NO2/c1-2-3-4-5-9-8-12-7-6-10(9)11(13)14/h6-8H,2-5H2,1H3,(H,13,14). The van der Waals surface area contributed by atoms with Crippen LogP contribution in [-0.4, -0.2) is 16.1 Å². The molecule has 0 amide bonds. The van der Waals surface area contributed by atoms with Crippen LogP contribution < -0.4 is 0 Å². The molecule has 0 bridgehead atoms. The number of carboxylic acid groups (broad SMARTS) is 1. The van der Waals surface area contributed by atoms with Crippen molar-refractivity contribution < 1.29 is 9.90 Å². The Balaban J connectivity index is 2.69. The van der Waals surface area contributed by atoms with E-state index >= 15 is 0 Å². The number of carboxylic acids is 1. The van der Waals surface area contributed by atoms with Crippen LogP contribution in [0.3, 0.4) is 0 Å². The summed E-state index contributed by atoms with van der Waals surface area (Å²) in [5.74, 6) is -0.862. The second kappa shape index (κ2) is 5.37. The Labute approximate surface area is 83.8 Å². The minimum atomic E-state index is -0.862. The van der Waals surface area contributed by atoms with Crippen LogP contribution >= 0.6 is 0 Å². The maximum absolute atomic E-state index is 10.8. The lowest BCUT2D eigenvalue weighted by molar-refractivity contribution is 0.0695. The quantitative estimate of drug-likeness (QED) is 0.731. The van der Waals surface area contributed by atoms with E-state index in [4.69, 9.17) is 5.11 Å². The number of pyridine rings is 1. The second-order valence-electron chi connectivity index (χ2n) is 3.30. The van der Waals surface area contributed by atoms with Gasteiger partial charge in [-0.1, -0.05) is 19.8 Å². The highest BCUT2D eigenvalue weighted by Gasteiger charge is 2.08. The number of aryl methyl sites for hydroxylation is 1. The SMILES string of the molecule is CCCCCc1cnccc1C(=O)O. The minimum absolute atomic E-state index is 0.385. The Bertz CT molecular complexity index is 310. The Morgan fingerprint density at radius 1 is 1.50 bits per heavy atom. The zero-order valence-corrected chi connectivity index (χ0v) is 8.36. The van der Waals surface area contributed by atoms with E-state index in [1.54, 1.807) is 12.3 Å². The molecule has 1 N–H and O–H groups in total. The summed E-state index contributed by atoms with van der Waals surface area (Å²) < 4.78 is 0. The van der Waals surface area contributed by atoms with E-state index in [9.17, 15) is 4.79 Å². The first-order chi connectivity index (χ1) is 6.75. The predicted octanol–water partition coefficient (Wildman–Crippen LogP) is 2.51. The van der Waals surface area contributed by atoms with Crippen LogP contribution in [0.15, 0.2) is 18.5 Å². The van der Waals surface area contributed by atoms with Crippen molar-refractivity contribution in [1.82, 2.24) is 4.98 Å². The number of aromatic carboxylic acids is 1. The molecule has 0 atom stereocenters. The molecule has 0 aliphatic carbocycles. The number of hydrogen-bond acceptors (Lipinski definition) is 2. The number of hydrogen-bond donors (Lipinski definition) is 1. The average molecular weight is 193 g/mol. The van der Waals surface area contributed by atoms with Gasteiger partial charge in [-0.15, -0.1) is 0 Å². The van der Waals surface area contributed by atoms with E-state index in [0.717, 1.165) is 31.2 Å². The highest BCUT2D eigenvalue weighted by atomic mass is 16.4. The lowest BCUT2D eigenvalue weighted by Crippen LogP contribution is -2.02. The summed E-state index contributed by atoms with van der Waals surface area (Å²) >= 11 is 0. The van der Waals surface area contributed by atoms with Gasteiger partial charge in [-0.25, -0.2) is 4.79 Å². The molecule has 0 aliphatic heterocycles. The van der Waals surface area contributed by atoms with Gasteiger partial charge in [0.05, 0.1) is 5.56 Å².